The van der Waals surface area contributed by atoms with E-state index in [0.29, 0.717) is 0 Å². The third-order valence-corrected chi connectivity index (χ3v) is 3.57. The summed E-state index contributed by atoms with van der Waals surface area (Å²) in [6, 6.07) is 8.57. The van der Waals surface area contributed by atoms with Crippen LogP contribution in [0.15, 0.2) is 29.8 Å². The van der Waals surface area contributed by atoms with E-state index < -0.39 is 0 Å². The summed E-state index contributed by atoms with van der Waals surface area (Å²) >= 11 is 1.71. The van der Waals surface area contributed by atoms with Crippen LogP contribution in [0.2, 0.25) is 0 Å². The van der Waals surface area contributed by atoms with Crippen LogP contribution in [0, 0.1) is 6.92 Å². The van der Waals surface area contributed by atoms with E-state index in [0.717, 1.165) is 18.7 Å². The molecule has 2 aromatic rings. The Labute approximate surface area is 100 Å². The molecule has 0 saturated heterocycles. The molecule has 0 radical (unpaired) electrons. The van der Waals surface area contributed by atoms with Crippen molar-refractivity contribution in [3.8, 4) is 0 Å². The van der Waals surface area contributed by atoms with Crippen LogP contribution in [-0.4, -0.2) is 4.98 Å². The molecule has 0 bridgehead atoms. The predicted octanol–water partition coefficient (Wildman–Crippen LogP) is 3.63. The molecule has 0 aliphatic rings. The lowest BCUT2D eigenvalue weighted by atomic mass is 10.1. The fraction of sp³-hybridized carbons (Fsp3) is 0.308. The zero-order valence-corrected chi connectivity index (χ0v) is 10.5. The first-order valence-corrected chi connectivity index (χ1v) is 6.39. The van der Waals surface area contributed by atoms with Crippen molar-refractivity contribution in [1.29, 1.82) is 0 Å². The molecule has 1 aromatic heterocycles. The molecule has 84 valence electrons. The van der Waals surface area contributed by atoms with Gasteiger partial charge in [-0.1, -0.05) is 19.1 Å². The topological polar surface area (TPSA) is 24.9 Å². The fourth-order valence-corrected chi connectivity index (χ4v) is 2.30. The van der Waals surface area contributed by atoms with Crippen molar-refractivity contribution < 1.29 is 0 Å². The second kappa shape index (κ2) is 5.12. The Hall–Kier alpha value is -1.35. The summed E-state index contributed by atoms with van der Waals surface area (Å²) in [5, 5.41) is 3.43. The predicted molar refractivity (Wildman–Crippen MR) is 70.0 cm³/mol. The average molecular weight is 232 g/mol. The van der Waals surface area contributed by atoms with E-state index in [-0.39, 0.29) is 0 Å². The highest BCUT2D eigenvalue weighted by molar-refractivity contribution is 7.09. The lowest BCUT2D eigenvalue weighted by molar-refractivity contribution is 1.11. The molecular weight excluding hydrogens is 216 g/mol. The fourth-order valence-electron chi connectivity index (χ4n) is 1.58. The number of hydrogen-bond acceptors (Lipinski definition) is 3. The first-order valence-electron chi connectivity index (χ1n) is 5.51. The molecule has 0 atom stereocenters. The molecule has 2 rings (SSSR count). The van der Waals surface area contributed by atoms with Gasteiger partial charge in [0.25, 0.3) is 0 Å². The maximum absolute atomic E-state index is 4.24. The monoisotopic (exact) mass is 232 g/mol. The molecule has 16 heavy (non-hydrogen) atoms. The van der Waals surface area contributed by atoms with Crippen molar-refractivity contribution in [3.63, 3.8) is 0 Å². The van der Waals surface area contributed by atoms with E-state index in [2.05, 4.69) is 48.4 Å². The maximum Gasteiger partial charge on any atom is 0.0798 e. The van der Waals surface area contributed by atoms with Crippen LogP contribution in [0.4, 0.5) is 5.69 Å². The summed E-state index contributed by atoms with van der Waals surface area (Å²) in [5.74, 6) is 0. The summed E-state index contributed by atoms with van der Waals surface area (Å²) in [4.78, 5) is 5.55. The number of rotatable bonds is 4. The van der Waals surface area contributed by atoms with Gasteiger partial charge < -0.3 is 5.32 Å². The molecule has 0 amide bonds. The molecule has 0 saturated carbocycles. The summed E-state index contributed by atoms with van der Waals surface area (Å²) in [6.07, 6.45) is 1.08. The summed E-state index contributed by atoms with van der Waals surface area (Å²) in [6.45, 7) is 5.09. The molecule has 0 unspecified atom stereocenters. The van der Waals surface area contributed by atoms with Gasteiger partial charge in [0, 0.05) is 10.6 Å². The summed E-state index contributed by atoms with van der Waals surface area (Å²) in [7, 11) is 0. The lowest BCUT2D eigenvalue weighted by Gasteiger charge is -2.06. The quantitative estimate of drug-likeness (QED) is 0.870. The zero-order valence-electron chi connectivity index (χ0n) is 9.66. The average Bonchev–Trinajstić information content (AvgIpc) is 2.72. The number of anilines is 1. The first-order chi connectivity index (χ1) is 7.79. The largest absolute Gasteiger partial charge is 0.380 e. The number of hydrogen-bond donors (Lipinski definition) is 1. The summed E-state index contributed by atoms with van der Waals surface area (Å²) in [5.41, 5.74) is 5.58. The third-order valence-electron chi connectivity index (χ3n) is 2.63. The SMILES string of the molecule is CCc1cccc(NCc2scnc2C)c1. The Kier molecular flexibility index (Phi) is 3.57. The second-order valence-electron chi connectivity index (χ2n) is 3.77. The molecule has 3 heteroatoms. The number of aryl methyl sites for hydroxylation is 2. The lowest BCUT2D eigenvalue weighted by Crippen LogP contribution is -1.99. The minimum Gasteiger partial charge on any atom is -0.380 e. The first kappa shape index (κ1) is 11.1. The molecule has 0 fully saturated rings. The molecule has 0 aliphatic carbocycles. The van der Waals surface area contributed by atoms with Crippen molar-refractivity contribution in [2.75, 3.05) is 5.32 Å². The highest BCUT2D eigenvalue weighted by Gasteiger charge is 2.00. The van der Waals surface area contributed by atoms with E-state index in [1.54, 1.807) is 11.3 Å². The van der Waals surface area contributed by atoms with Gasteiger partial charge in [-0.15, -0.1) is 11.3 Å². The van der Waals surface area contributed by atoms with Crippen LogP contribution in [0.5, 0.6) is 0 Å². The van der Waals surface area contributed by atoms with Gasteiger partial charge in [-0.2, -0.15) is 0 Å². The standard InChI is InChI=1S/C13H16N2S/c1-3-11-5-4-6-12(7-11)14-8-13-10(2)15-9-16-13/h4-7,9,14H,3,8H2,1-2H3. The van der Waals surface area contributed by atoms with Crippen LogP contribution in [0.1, 0.15) is 23.1 Å². The van der Waals surface area contributed by atoms with Crippen LogP contribution < -0.4 is 5.32 Å². The Morgan fingerprint density at radius 3 is 2.94 bits per heavy atom. The molecule has 2 nitrogen and oxygen atoms in total. The van der Waals surface area contributed by atoms with Gasteiger partial charge in [0.15, 0.2) is 0 Å². The van der Waals surface area contributed by atoms with Gasteiger partial charge in [-0.25, -0.2) is 4.98 Å². The highest BCUT2D eigenvalue weighted by atomic mass is 32.1. The Morgan fingerprint density at radius 2 is 2.25 bits per heavy atom. The van der Waals surface area contributed by atoms with Crippen LogP contribution in [0.25, 0.3) is 0 Å². The van der Waals surface area contributed by atoms with Crippen molar-refractivity contribution in [1.82, 2.24) is 4.98 Å². The van der Waals surface area contributed by atoms with Crippen molar-refractivity contribution >= 4 is 17.0 Å². The molecule has 1 aromatic carbocycles. The third kappa shape index (κ3) is 2.61. The van der Waals surface area contributed by atoms with Gasteiger partial charge in [-0.05, 0) is 31.0 Å². The Balaban J connectivity index is 2.02. The molecule has 1 N–H and O–H groups in total. The van der Waals surface area contributed by atoms with Crippen molar-refractivity contribution in [2.45, 2.75) is 26.8 Å². The Bertz CT molecular complexity index is 462. The minimum atomic E-state index is 0.865. The van der Waals surface area contributed by atoms with E-state index in [1.807, 2.05) is 5.51 Å². The molecule has 0 spiro atoms. The number of nitrogens with one attached hydrogen (secondary N) is 1. The van der Waals surface area contributed by atoms with E-state index in [4.69, 9.17) is 0 Å². The zero-order chi connectivity index (χ0) is 11.4. The molecular formula is C13H16N2S. The van der Waals surface area contributed by atoms with Crippen LogP contribution >= 0.6 is 11.3 Å². The highest BCUT2D eigenvalue weighted by Crippen LogP contribution is 2.16. The van der Waals surface area contributed by atoms with Crippen molar-refractivity contribution in [3.05, 3.63) is 45.9 Å². The molecule has 0 aliphatic heterocycles. The number of benzene rings is 1. The van der Waals surface area contributed by atoms with Gasteiger partial charge >= 0.3 is 0 Å². The summed E-state index contributed by atoms with van der Waals surface area (Å²) < 4.78 is 0. The number of aromatic nitrogens is 1. The number of thiazole rings is 1. The molecule has 1 heterocycles. The smallest absolute Gasteiger partial charge is 0.0798 e. The van der Waals surface area contributed by atoms with Gasteiger partial charge in [0.2, 0.25) is 0 Å². The minimum absolute atomic E-state index is 0.865. The normalized spacial score (nSPS) is 10.4. The van der Waals surface area contributed by atoms with Crippen LogP contribution in [-0.2, 0) is 13.0 Å². The second-order valence-corrected chi connectivity index (χ2v) is 4.71. The maximum atomic E-state index is 4.24. The van der Waals surface area contributed by atoms with Gasteiger partial charge in [0.1, 0.15) is 0 Å². The van der Waals surface area contributed by atoms with E-state index in [9.17, 15) is 0 Å². The van der Waals surface area contributed by atoms with Crippen LogP contribution in [0.3, 0.4) is 0 Å². The van der Waals surface area contributed by atoms with Gasteiger partial charge in [-0.3, -0.25) is 0 Å². The Morgan fingerprint density at radius 1 is 1.38 bits per heavy atom. The van der Waals surface area contributed by atoms with E-state index >= 15 is 0 Å². The van der Waals surface area contributed by atoms with Crippen molar-refractivity contribution in [2.24, 2.45) is 0 Å². The number of nitrogens with zero attached hydrogens (tertiary/aromatic N) is 1. The van der Waals surface area contributed by atoms with Gasteiger partial charge in [0.05, 0.1) is 17.7 Å². The van der Waals surface area contributed by atoms with E-state index in [1.165, 1.54) is 16.1 Å².